The number of carboxylic acids is 1. The second-order valence-corrected chi connectivity index (χ2v) is 17.5. The maximum atomic E-state index is 15.2. The highest BCUT2D eigenvalue weighted by Crippen LogP contribution is 2.48. The number of ether oxygens (including phenoxy) is 3. The molecule has 0 radical (unpaired) electrons. The highest BCUT2D eigenvalue weighted by Gasteiger charge is 2.58. The van der Waals surface area contributed by atoms with Crippen LogP contribution in [0, 0.1) is 10.8 Å². The Kier molecular flexibility index (Phi) is 12.9. The molecule has 328 valence electrons. The molecule has 1 aliphatic carbocycles. The minimum absolute atomic E-state index is 0.0131. The molecule has 0 aromatic carbocycles. The smallest absolute Gasteiger partial charge is 0.425 e. The number of pyridine rings is 1. The first-order valence-corrected chi connectivity index (χ1v) is 20.7. The molecule has 18 heteroatoms. The van der Waals surface area contributed by atoms with Gasteiger partial charge in [0.15, 0.2) is 0 Å². The van der Waals surface area contributed by atoms with E-state index < -0.39 is 86.2 Å². The zero-order valence-electron chi connectivity index (χ0n) is 33.5. The molecule has 4 atom stereocenters. The summed E-state index contributed by atoms with van der Waals surface area (Å²) < 4.78 is 103. The average molecular weight is 870 g/mol. The molecule has 0 spiro atoms. The topological polar surface area (TPSA) is 139 Å². The van der Waals surface area contributed by atoms with Gasteiger partial charge in [-0.3, -0.25) is 14.4 Å². The summed E-state index contributed by atoms with van der Waals surface area (Å²) in [6, 6.07) is 0.127. The summed E-state index contributed by atoms with van der Waals surface area (Å²) in [5, 5.41) is 23.0. The van der Waals surface area contributed by atoms with Gasteiger partial charge >= 0.3 is 18.3 Å². The van der Waals surface area contributed by atoms with E-state index in [9.17, 15) is 46.1 Å². The predicted molar refractivity (Wildman–Crippen MR) is 207 cm³/mol. The van der Waals surface area contributed by atoms with Crippen LogP contribution in [0.25, 0.3) is 0 Å². The second-order valence-electron chi connectivity index (χ2n) is 16.6. The van der Waals surface area contributed by atoms with Crippen LogP contribution in [-0.2, 0) is 26.7 Å². The van der Waals surface area contributed by atoms with Crippen LogP contribution >= 0.6 is 11.3 Å². The number of carboxylic acid groups (broad SMARTS) is 1. The zero-order valence-corrected chi connectivity index (χ0v) is 34.3. The number of nitrogens with zero attached hydrogens (tertiary/aromatic N) is 3. The first-order valence-electron chi connectivity index (χ1n) is 19.9. The summed E-state index contributed by atoms with van der Waals surface area (Å²) in [7, 11) is 0. The Hall–Kier alpha value is -4.42. The van der Waals surface area contributed by atoms with Crippen molar-refractivity contribution < 1.29 is 65.1 Å². The molecule has 2 unspecified atom stereocenters. The molecule has 2 saturated heterocycles. The number of piperidine rings is 2. The summed E-state index contributed by atoms with van der Waals surface area (Å²) in [5.74, 6) is -3.62. The molecule has 2 fully saturated rings. The average Bonchev–Trinajstić information content (AvgIpc) is 3.66. The summed E-state index contributed by atoms with van der Waals surface area (Å²) in [6.45, 7) is 4.81. The van der Waals surface area contributed by atoms with Gasteiger partial charge in [0.25, 0.3) is 11.8 Å². The van der Waals surface area contributed by atoms with Crippen LogP contribution in [0.1, 0.15) is 92.9 Å². The summed E-state index contributed by atoms with van der Waals surface area (Å²) in [6.07, 6.45) is 1.94. The third kappa shape index (κ3) is 8.96. The van der Waals surface area contributed by atoms with Crippen LogP contribution in [0.2, 0.25) is 0 Å². The molecular formula is C42H49F6N3O8S. The fourth-order valence-electron chi connectivity index (χ4n) is 8.44. The number of hydrogen-bond acceptors (Lipinski definition) is 9. The largest absolute Gasteiger partial charge is 0.481 e. The van der Waals surface area contributed by atoms with E-state index in [0.717, 1.165) is 22.5 Å². The van der Waals surface area contributed by atoms with E-state index in [4.69, 9.17) is 14.2 Å². The summed E-state index contributed by atoms with van der Waals surface area (Å²) in [4.78, 5) is 47.1. The fraction of sp³-hybridized carbons (Fsp3) is 0.571. The van der Waals surface area contributed by atoms with Gasteiger partial charge in [-0.25, -0.2) is 4.98 Å². The molecule has 60 heavy (non-hydrogen) atoms. The van der Waals surface area contributed by atoms with Crippen LogP contribution < -0.4 is 9.47 Å². The zero-order chi connectivity index (χ0) is 43.7. The number of amides is 2. The molecule has 4 aliphatic rings. The van der Waals surface area contributed by atoms with Gasteiger partial charge in [0.2, 0.25) is 11.5 Å². The van der Waals surface area contributed by atoms with E-state index in [2.05, 4.69) is 4.98 Å². The summed E-state index contributed by atoms with van der Waals surface area (Å²) >= 11 is 0.353. The first-order chi connectivity index (χ1) is 28.1. The van der Waals surface area contributed by atoms with Crippen molar-refractivity contribution in [3.05, 3.63) is 76.2 Å². The monoisotopic (exact) mass is 869 g/mol. The normalized spacial score (nSPS) is 26.9. The number of allylic oxidation sites excluding steroid dienone is 3. The van der Waals surface area contributed by atoms with E-state index in [0.29, 0.717) is 30.2 Å². The van der Waals surface area contributed by atoms with Gasteiger partial charge in [0, 0.05) is 55.7 Å². The highest BCUT2D eigenvalue weighted by molar-refractivity contribution is 7.10. The maximum Gasteiger partial charge on any atom is 0.425 e. The fourth-order valence-corrected chi connectivity index (χ4v) is 9.12. The SMILES string of the molecule is CC(C)(CCOC1C=CC=CC1(C)C1(O)CCN(C(=O)[C@]2(Oc3csc(C(F)(F)F)c3)CCCN3C(=O)c4c(C(F)(F)F)ccnc4OCCC/C=C\C[C@@H]32)CC1)C(=O)O. The van der Waals surface area contributed by atoms with Crippen molar-refractivity contribution in [3.8, 4) is 11.6 Å². The molecule has 2 N–H and O–H groups in total. The van der Waals surface area contributed by atoms with Crippen molar-refractivity contribution in [1.82, 2.24) is 14.8 Å². The molecule has 0 saturated carbocycles. The van der Waals surface area contributed by atoms with Crippen molar-refractivity contribution in [3.63, 3.8) is 0 Å². The van der Waals surface area contributed by atoms with Crippen LogP contribution in [0.5, 0.6) is 11.6 Å². The van der Waals surface area contributed by atoms with Gasteiger partial charge in [0.05, 0.1) is 35.3 Å². The summed E-state index contributed by atoms with van der Waals surface area (Å²) in [5.41, 5.74) is -7.76. The quantitative estimate of drug-likeness (QED) is 0.189. The number of carbonyl (C=O) groups excluding carboxylic acids is 2. The Morgan fingerprint density at radius 1 is 1.03 bits per heavy atom. The molecule has 2 aromatic heterocycles. The van der Waals surface area contributed by atoms with Gasteiger partial charge in [-0.15, -0.1) is 11.3 Å². The van der Waals surface area contributed by atoms with Crippen LogP contribution in [0.4, 0.5) is 26.3 Å². The van der Waals surface area contributed by atoms with Crippen molar-refractivity contribution in [1.29, 1.82) is 0 Å². The number of likely N-dealkylation sites (tertiary alicyclic amines) is 1. The van der Waals surface area contributed by atoms with Gasteiger partial charge in [-0.05, 0) is 64.9 Å². The van der Waals surface area contributed by atoms with E-state index in [-0.39, 0.29) is 77.1 Å². The third-order valence-corrected chi connectivity index (χ3v) is 13.2. The molecule has 0 bridgehead atoms. The van der Waals surface area contributed by atoms with Gasteiger partial charge in [0.1, 0.15) is 16.2 Å². The molecular weight excluding hydrogens is 821 g/mol. The number of halogens is 6. The van der Waals surface area contributed by atoms with Crippen LogP contribution in [0.3, 0.4) is 0 Å². The van der Waals surface area contributed by atoms with E-state index >= 15 is 4.79 Å². The predicted octanol–water partition coefficient (Wildman–Crippen LogP) is 8.09. The van der Waals surface area contributed by atoms with Gasteiger partial charge < -0.3 is 34.2 Å². The molecule has 3 aliphatic heterocycles. The second kappa shape index (κ2) is 17.2. The Balaban J connectivity index is 1.36. The highest BCUT2D eigenvalue weighted by atomic mass is 32.1. The van der Waals surface area contributed by atoms with E-state index in [1.165, 1.54) is 4.90 Å². The Morgan fingerprint density at radius 2 is 1.77 bits per heavy atom. The number of hydrogen-bond donors (Lipinski definition) is 2. The number of thiophene rings is 1. The van der Waals surface area contributed by atoms with Gasteiger partial charge in [-0.2, -0.15) is 26.3 Å². The maximum absolute atomic E-state index is 15.2. The van der Waals surface area contributed by atoms with Crippen molar-refractivity contribution in [2.45, 2.75) is 108 Å². The van der Waals surface area contributed by atoms with Crippen molar-refractivity contribution >= 4 is 29.1 Å². The lowest BCUT2D eigenvalue weighted by Crippen LogP contribution is -2.69. The number of rotatable bonds is 9. The van der Waals surface area contributed by atoms with E-state index in [1.807, 2.05) is 13.0 Å². The van der Waals surface area contributed by atoms with Crippen LogP contribution in [-0.4, -0.2) is 99.0 Å². The molecule has 2 amide bonds. The third-order valence-electron chi connectivity index (χ3n) is 12.3. The lowest BCUT2D eigenvalue weighted by Gasteiger charge is -2.53. The standard InChI is InChI=1S/C42H49F6N3O8S/c1-37(2,36(54)55)18-24-57-30-12-7-8-14-38(30,3)39(56)16-21-50(22-17-39)35(53)40(59-27-25-31(60-26-27)42(46,47)48)15-10-20-51-29(40)11-6-4-5-9-23-58-33-32(34(51)52)28(13-19-49-33)41(43,44)45/h4,6-8,12-14,19,25-26,29-30,56H,5,9-11,15-18,20-24H2,1-3H3,(H,54,55)/b6-4-/t29-,30?,38?,40+/m1/s1. The number of aromatic nitrogens is 1. The molecule has 5 heterocycles. The van der Waals surface area contributed by atoms with Gasteiger partial charge in [-0.1, -0.05) is 43.4 Å². The van der Waals surface area contributed by atoms with Crippen LogP contribution in [0.15, 0.2) is 60.2 Å². The Morgan fingerprint density at radius 3 is 2.43 bits per heavy atom. The Bertz CT molecular complexity index is 2010. The molecule has 2 aromatic rings. The number of alkyl halides is 6. The minimum atomic E-state index is -4.99. The minimum Gasteiger partial charge on any atom is -0.481 e. The number of aliphatic hydroxyl groups is 1. The molecule has 11 nitrogen and oxygen atoms in total. The number of carbonyl (C=O) groups is 3. The van der Waals surface area contributed by atoms with E-state index in [1.54, 1.807) is 44.2 Å². The Labute approximate surface area is 347 Å². The number of fused-ring (bicyclic) bond motifs is 2. The van der Waals surface area contributed by atoms with Crippen molar-refractivity contribution in [2.75, 3.05) is 32.8 Å². The lowest BCUT2D eigenvalue weighted by atomic mass is 9.63. The number of aliphatic carboxylic acids is 1. The first kappa shape index (κ1) is 45.1. The van der Waals surface area contributed by atoms with Crippen molar-refractivity contribution in [2.24, 2.45) is 10.8 Å². The lowest BCUT2D eigenvalue weighted by molar-refractivity contribution is -0.172. The molecule has 6 rings (SSSR count).